The first-order valence-electron chi connectivity index (χ1n) is 7.05. The molecule has 0 aliphatic carbocycles. The van der Waals surface area contributed by atoms with Crippen LogP contribution in [0.5, 0.6) is 0 Å². The molecule has 6 nitrogen and oxygen atoms in total. The largest absolute Gasteiger partial charge is 0.399 e. The second kappa shape index (κ2) is 4.99. The van der Waals surface area contributed by atoms with E-state index in [0.717, 1.165) is 6.42 Å². The monoisotopic (exact) mass is 309 g/mol. The molecule has 2 saturated heterocycles. The van der Waals surface area contributed by atoms with Crippen LogP contribution in [0, 0.1) is 6.92 Å². The Morgan fingerprint density at radius 2 is 2.05 bits per heavy atom. The van der Waals surface area contributed by atoms with Gasteiger partial charge in [0.2, 0.25) is 15.9 Å². The summed E-state index contributed by atoms with van der Waals surface area (Å²) in [4.78, 5) is 13.8. The van der Waals surface area contributed by atoms with Crippen molar-refractivity contribution in [2.45, 2.75) is 30.7 Å². The number of aryl methyl sites for hydroxylation is 1. The number of amides is 1. The molecule has 0 spiro atoms. The van der Waals surface area contributed by atoms with E-state index in [9.17, 15) is 13.2 Å². The molecule has 21 heavy (non-hydrogen) atoms. The molecule has 114 valence electrons. The van der Waals surface area contributed by atoms with Crippen LogP contribution in [0.1, 0.15) is 18.4 Å². The molecule has 0 saturated carbocycles. The highest BCUT2D eigenvalue weighted by Crippen LogP contribution is 2.28. The van der Waals surface area contributed by atoms with Gasteiger partial charge in [-0.1, -0.05) is 0 Å². The molecule has 2 N–H and O–H groups in total. The molecule has 1 amide bonds. The van der Waals surface area contributed by atoms with E-state index >= 15 is 0 Å². The number of rotatable bonds is 2. The van der Waals surface area contributed by atoms with E-state index < -0.39 is 10.0 Å². The normalized spacial score (nSPS) is 23.4. The fourth-order valence-electron chi connectivity index (χ4n) is 3.16. The van der Waals surface area contributed by atoms with E-state index in [-0.39, 0.29) is 11.9 Å². The molecule has 3 rings (SSSR count). The number of benzene rings is 1. The lowest BCUT2D eigenvalue weighted by atomic mass is 10.2. The summed E-state index contributed by atoms with van der Waals surface area (Å²) >= 11 is 0. The first kappa shape index (κ1) is 14.3. The van der Waals surface area contributed by atoms with Crippen molar-refractivity contribution in [1.82, 2.24) is 9.21 Å². The SMILES string of the molecule is Cc1cc(N)ccc1S(=O)(=O)N1CCN2C(=O)CCC2C1. The van der Waals surface area contributed by atoms with Crippen molar-refractivity contribution in [3.63, 3.8) is 0 Å². The van der Waals surface area contributed by atoms with Gasteiger partial charge in [-0.25, -0.2) is 8.42 Å². The molecule has 0 radical (unpaired) electrons. The number of nitrogens with two attached hydrogens (primary N) is 1. The fourth-order valence-corrected chi connectivity index (χ4v) is 4.83. The maximum Gasteiger partial charge on any atom is 0.243 e. The summed E-state index contributed by atoms with van der Waals surface area (Å²) in [6, 6.07) is 4.86. The lowest BCUT2D eigenvalue weighted by molar-refractivity contribution is -0.130. The van der Waals surface area contributed by atoms with E-state index in [2.05, 4.69) is 0 Å². The van der Waals surface area contributed by atoms with E-state index in [4.69, 9.17) is 5.73 Å². The lowest BCUT2D eigenvalue weighted by Crippen LogP contribution is -2.53. The number of anilines is 1. The average Bonchev–Trinajstić information content (AvgIpc) is 2.79. The van der Waals surface area contributed by atoms with Crippen molar-refractivity contribution in [1.29, 1.82) is 0 Å². The summed E-state index contributed by atoms with van der Waals surface area (Å²) in [6.07, 6.45) is 1.27. The van der Waals surface area contributed by atoms with Gasteiger partial charge in [0.15, 0.2) is 0 Å². The van der Waals surface area contributed by atoms with Crippen molar-refractivity contribution in [3.8, 4) is 0 Å². The van der Waals surface area contributed by atoms with Crippen LogP contribution in [0.25, 0.3) is 0 Å². The summed E-state index contributed by atoms with van der Waals surface area (Å²) in [5.41, 5.74) is 6.89. The molecule has 1 aromatic rings. The van der Waals surface area contributed by atoms with E-state index in [1.165, 1.54) is 4.31 Å². The van der Waals surface area contributed by atoms with Gasteiger partial charge in [0, 0.05) is 37.8 Å². The highest BCUT2D eigenvalue weighted by Gasteiger charge is 2.39. The van der Waals surface area contributed by atoms with Crippen molar-refractivity contribution in [3.05, 3.63) is 23.8 Å². The molecule has 2 heterocycles. The van der Waals surface area contributed by atoms with E-state index in [0.29, 0.717) is 42.2 Å². The van der Waals surface area contributed by atoms with Crippen LogP contribution in [-0.4, -0.2) is 49.2 Å². The molecule has 7 heteroatoms. The second-order valence-electron chi connectivity index (χ2n) is 5.67. The molecule has 0 bridgehead atoms. The minimum Gasteiger partial charge on any atom is -0.399 e. The molecule has 1 unspecified atom stereocenters. The van der Waals surface area contributed by atoms with Gasteiger partial charge in [0.1, 0.15) is 0 Å². The van der Waals surface area contributed by atoms with Crippen molar-refractivity contribution in [2.24, 2.45) is 0 Å². The lowest BCUT2D eigenvalue weighted by Gasteiger charge is -2.36. The predicted octanol–water partition coefficient (Wildman–Crippen LogP) is 0.573. The smallest absolute Gasteiger partial charge is 0.243 e. The Morgan fingerprint density at radius 1 is 1.29 bits per heavy atom. The second-order valence-corrected chi connectivity index (χ2v) is 7.57. The van der Waals surface area contributed by atoms with Crippen molar-refractivity contribution < 1.29 is 13.2 Å². The summed E-state index contributed by atoms with van der Waals surface area (Å²) < 4.78 is 27.0. The zero-order valence-electron chi connectivity index (χ0n) is 11.9. The third-order valence-electron chi connectivity index (χ3n) is 4.27. The number of nitrogens with zero attached hydrogens (tertiary/aromatic N) is 2. The van der Waals surface area contributed by atoms with Gasteiger partial charge in [0.25, 0.3) is 0 Å². The number of carbonyl (C=O) groups excluding carboxylic acids is 1. The van der Waals surface area contributed by atoms with Crippen molar-refractivity contribution >= 4 is 21.6 Å². The van der Waals surface area contributed by atoms with E-state index in [1.54, 1.807) is 25.1 Å². The van der Waals surface area contributed by atoms with Gasteiger partial charge in [0.05, 0.1) is 4.90 Å². The Kier molecular flexibility index (Phi) is 3.41. The molecule has 1 atom stereocenters. The molecular weight excluding hydrogens is 290 g/mol. The zero-order chi connectivity index (χ0) is 15.2. The van der Waals surface area contributed by atoms with Crippen LogP contribution in [0.3, 0.4) is 0 Å². The maximum atomic E-state index is 12.8. The fraction of sp³-hybridized carbons (Fsp3) is 0.500. The number of hydrogen-bond acceptors (Lipinski definition) is 4. The number of carbonyl (C=O) groups is 1. The summed E-state index contributed by atoms with van der Waals surface area (Å²) in [5.74, 6) is 0.140. The van der Waals surface area contributed by atoms with Gasteiger partial charge in [-0.15, -0.1) is 0 Å². The minimum atomic E-state index is -3.53. The highest BCUT2D eigenvalue weighted by atomic mass is 32.2. The summed E-state index contributed by atoms with van der Waals surface area (Å²) in [7, 11) is -3.53. The molecule has 2 aliphatic rings. The number of sulfonamides is 1. The van der Waals surface area contributed by atoms with Gasteiger partial charge >= 0.3 is 0 Å². The number of nitrogen functional groups attached to an aromatic ring is 1. The summed E-state index contributed by atoms with van der Waals surface area (Å²) in [5, 5.41) is 0. The number of fused-ring (bicyclic) bond motifs is 1. The predicted molar refractivity (Wildman–Crippen MR) is 79.1 cm³/mol. The maximum absolute atomic E-state index is 12.8. The van der Waals surface area contributed by atoms with Crippen LogP contribution >= 0.6 is 0 Å². The third kappa shape index (κ3) is 2.40. The first-order valence-corrected chi connectivity index (χ1v) is 8.49. The van der Waals surface area contributed by atoms with Crippen molar-refractivity contribution in [2.75, 3.05) is 25.4 Å². The number of piperazine rings is 1. The van der Waals surface area contributed by atoms with Crippen LogP contribution in [0.15, 0.2) is 23.1 Å². The number of hydrogen-bond donors (Lipinski definition) is 1. The standard InChI is InChI=1S/C14H19N3O3S/c1-10-8-11(15)2-4-13(10)21(19,20)16-6-7-17-12(9-16)3-5-14(17)18/h2,4,8,12H,3,5-7,9,15H2,1H3. The van der Waals surface area contributed by atoms with Crippen LogP contribution in [-0.2, 0) is 14.8 Å². The summed E-state index contributed by atoms with van der Waals surface area (Å²) in [6.45, 7) is 2.97. The zero-order valence-corrected chi connectivity index (χ0v) is 12.8. The Hall–Kier alpha value is -1.60. The topological polar surface area (TPSA) is 83.7 Å². The molecule has 2 aliphatic heterocycles. The van der Waals surface area contributed by atoms with Crippen LogP contribution in [0.4, 0.5) is 5.69 Å². The third-order valence-corrected chi connectivity index (χ3v) is 6.30. The quantitative estimate of drug-likeness (QED) is 0.810. The Bertz CT molecular complexity index is 687. The van der Waals surface area contributed by atoms with Crippen LogP contribution in [0.2, 0.25) is 0 Å². The van der Waals surface area contributed by atoms with Gasteiger partial charge < -0.3 is 10.6 Å². The minimum absolute atomic E-state index is 0.0233. The first-order chi connectivity index (χ1) is 9.89. The van der Waals surface area contributed by atoms with Crippen LogP contribution < -0.4 is 5.73 Å². The molecule has 2 fully saturated rings. The molecule has 1 aromatic carbocycles. The van der Waals surface area contributed by atoms with Gasteiger partial charge in [-0.3, -0.25) is 4.79 Å². The Labute approximate surface area is 124 Å². The Balaban J connectivity index is 1.87. The Morgan fingerprint density at radius 3 is 2.76 bits per heavy atom. The average molecular weight is 309 g/mol. The molecular formula is C14H19N3O3S. The van der Waals surface area contributed by atoms with Gasteiger partial charge in [-0.2, -0.15) is 4.31 Å². The highest BCUT2D eigenvalue weighted by molar-refractivity contribution is 7.89. The van der Waals surface area contributed by atoms with E-state index in [1.807, 2.05) is 4.90 Å². The molecule has 0 aromatic heterocycles. The van der Waals surface area contributed by atoms with Gasteiger partial charge in [-0.05, 0) is 37.1 Å².